The van der Waals surface area contributed by atoms with Crippen LogP contribution in [0.2, 0.25) is 0 Å². The minimum absolute atomic E-state index is 0.0275. The summed E-state index contributed by atoms with van der Waals surface area (Å²) >= 11 is 0. The Morgan fingerprint density at radius 3 is 3.00 bits per heavy atom. The molecule has 0 radical (unpaired) electrons. The lowest BCUT2D eigenvalue weighted by atomic mass is 10.1. The molecule has 0 spiro atoms. The number of nitriles is 1. The lowest BCUT2D eigenvalue weighted by Gasteiger charge is -2.01. The van der Waals surface area contributed by atoms with Crippen molar-refractivity contribution in [3.8, 4) is 6.07 Å². The molecule has 15 heavy (non-hydrogen) atoms. The fourth-order valence-electron chi connectivity index (χ4n) is 1.49. The highest BCUT2D eigenvalue weighted by molar-refractivity contribution is 6.01. The number of ketones is 1. The van der Waals surface area contributed by atoms with Gasteiger partial charge in [-0.05, 0) is 5.92 Å². The molecular formula is C11H13NO3. The number of carbonyl (C=O) groups is 2. The predicted octanol–water partition coefficient (Wildman–Crippen LogP) is 1.37. The Morgan fingerprint density at radius 1 is 1.73 bits per heavy atom. The molecule has 0 bridgehead atoms. The number of rotatable bonds is 4. The monoisotopic (exact) mass is 207 g/mol. The van der Waals surface area contributed by atoms with Gasteiger partial charge in [0.2, 0.25) is 0 Å². The third kappa shape index (κ3) is 3.55. The zero-order valence-electron chi connectivity index (χ0n) is 8.66. The average molecular weight is 207 g/mol. The normalized spacial score (nSPS) is 19.6. The van der Waals surface area contributed by atoms with Crippen LogP contribution < -0.4 is 0 Å². The Balaban J connectivity index is 2.36. The average Bonchev–Trinajstić information content (AvgIpc) is 2.45. The second kappa shape index (κ2) is 5.30. The molecule has 0 fully saturated rings. The van der Waals surface area contributed by atoms with Crippen molar-refractivity contribution in [2.45, 2.75) is 26.2 Å². The number of hydrogen-bond acceptors (Lipinski definition) is 4. The lowest BCUT2D eigenvalue weighted by molar-refractivity contribution is -0.143. The quantitative estimate of drug-likeness (QED) is 0.515. The van der Waals surface area contributed by atoms with E-state index in [0.717, 1.165) is 0 Å². The zero-order valence-corrected chi connectivity index (χ0v) is 8.66. The van der Waals surface area contributed by atoms with Crippen LogP contribution >= 0.6 is 0 Å². The molecular weight excluding hydrogens is 194 g/mol. The highest BCUT2D eigenvalue weighted by Crippen LogP contribution is 2.22. The number of ether oxygens (including phenoxy) is 1. The molecule has 0 saturated carbocycles. The van der Waals surface area contributed by atoms with Crippen LogP contribution in [-0.2, 0) is 14.3 Å². The van der Waals surface area contributed by atoms with Crippen molar-refractivity contribution in [2.24, 2.45) is 5.92 Å². The van der Waals surface area contributed by atoms with Gasteiger partial charge in [-0.25, -0.2) is 0 Å². The molecule has 0 aromatic rings. The van der Waals surface area contributed by atoms with Crippen LogP contribution in [-0.4, -0.2) is 18.4 Å². The first kappa shape index (κ1) is 11.4. The number of carbonyl (C=O) groups excluding carboxylic acids is 2. The summed E-state index contributed by atoms with van der Waals surface area (Å²) in [5.74, 6) is -0.182. The number of esters is 1. The largest absolute Gasteiger partial charge is 0.464 e. The molecule has 4 nitrogen and oxygen atoms in total. The van der Waals surface area contributed by atoms with Gasteiger partial charge in [0.25, 0.3) is 0 Å². The molecule has 0 aromatic carbocycles. The van der Waals surface area contributed by atoms with Crippen LogP contribution in [0.5, 0.6) is 0 Å². The van der Waals surface area contributed by atoms with E-state index in [1.807, 2.05) is 19.1 Å². The number of Topliss-reactive ketones (excluding diaryl/α,β-unsaturated/α-hetero) is 1. The minimum Gasteiger partial charge on any atom is -0.464 e. The van der Waals surface area contributed by atoms with Crippen molar-refractivity contribution in [2.75, 3.05) is 6.61 Å². The predicted molar refractivity (Wildman–Crippen MR) is 52.7 cm³/mol. The Labute approximate surface area is 88.5 Å². The van der Waals surface area contributed by atoms with Crippen LogP contribution in [0.4, 0.5) is 0 Å². The molecule has 1 rings (SSSR count). The molecule has 4 heteroatoms. The molecule has 0 amide bonds. The number of hydrogen-bond donors (Lipinski definition) is 0. The fourth-order valence-corrected chi connectivity index (χ4v) is 1.49. The minimum atomic E-state index is -0.432. The van der Waals surface area contributed by atoms with Crippen LogP contribution in [0.15, 0.2) is 11.6 Å². The van der Waals surface area contributed by atoms with Crippen LogP contribution in [0.1, 0.15) is 26.2 Å². The van der Waals surface area contributed by atoms with Crippen LogP contribution in [0, 0.1) is 17.2 Å². The van der Waals surface area contributed by atoms with Crippen molar-refractivity contribution in [1.82, 2.24) is 0 Å². The van der Waals surface area contributed by atoms with Gasteiger partial charge in [-0.3, -0.25) is 9.59 Å². The highest BCUT2D eigenvalue weighted by Gasteiger charge is 2.22. The summed E-state index contributed by atoms with van der Waals surface area (Å²) < 4.78 is 4.77. The van der Waals surface area contributed by atoms with E-state index in [1.54, 1.807) is 0 Å². The second-order valence-electron chi connectivity index (χ2n) is 3.60. The second-order valence-corrected chi connectivity index (χ2v) is 3.60. The lowest BCUT2D eigenvalue weighted by Crippen LogP contribution is -2.09. The molecule has 0 aromatic heterocycles. The maximum absolute atomic E-state index is 11.3. The maximum Gasteiger partial charge on any atom is 0.310 e. The molecule has 0 heterocycles. The van der Waals surface area contributed by atoms with Gasteiger partial charge in [0, 0.05) is 12.0 Å². The Hall–Kier alpha value is -1.63. The topological polar surface area (TPSA) is 67.2 Å². The first-order valence-electron chi connectivity index (χ1n) is 4.90. The molecule has 0 N–H and O–H groups in total. The van der Waals surface area contributed by atoms with E-state index >= 15 is 0 Å². The van der Waals surface area contributed by atoms with Gasteiger partial charge >= 0.3 is 5.97 Å². The van der Waals surface area contributed by atoms with E-state index in [-0.39, 0.29) is 31.1 Å². The van der Waals surface area contributed by atoms with E-state index in [0.29, 0.717) is 12.0 Å². The van der Waals surface area contributed by atoms with Gasteiger partial charge in [-0.15, -0.1) is 0 Å². The Bertz CT molecular complexity index is 338. The third-order valence-corrected chi connectivity index (χ3v) is 2.16. The number of nitrogens with zero attached hydrogens (tertiary/aromatic N) is 1. The Kier molecular flexibility index (Phi) is 4.04. The van der Waals surface area contributed by atoms with Gasteiger partial charge in [-0.1, -0.05) is 13.0 Å². The molecule has 80 valence electrons. The zero-order chi connectivity index (χ0) is 11.3. The summed E-state index contributed by atoms with van der Waals surface area (Å²) in [7, 11) is 0. The Morgan fingerprint density at radius 2 is 2.47 bits per heavy atom. The van der Waals surface area contributed by atoms with E-state index in [2.05, 4.69) is 0 Å². The molecule has 1 atom stereocenters. The SMILES string of the molecule is C[C@H]1C=C(CC(=O)OCCC#N)C(=O)C1. The van der Waals surface area contributed by atoms with E-state index in [4.69, 9.17) is 10.00 Å². The maximum atomic E-state index is 11.3. The van der Waals surface area contributed by atoms with Gasteiger partial charge in [0.05, 0.1) is 18.9 Å². The van der Waals surface area contributed by atoms with Gasteiger partial charge in [0.15, 0.2) is 5.78 Å². The first-order chi connectivity index (χ1) is 7.13. The summed E-state index contributed by atoms with van der Waals surface area (Å²) in [6.07, 6.45) is 2.53. The first-order valence-corrected chi connectivity index (χ1v) is 4.90. The van der Waals surface area contributed by atoms with Crippen molar-refractivity contribution in [3.63, 3.8) is 0 Å². The van der Waals surface area contributed by atoms with Crippen molar-refractivity contribution < 1.29 is 14.3 Å². The van der Waals surface area contributed by atoms with Crippen molar-refractivity contribution in [3.05, 3.63) is 11.6 Å². The van der Waals surface area contributed by atoms with Crippen molar-refractivity contribution in [1.29, 1.82) is 5.26 Å². The van der Waals surface area contributed by atoms with E-state index < -0.39 is 5.97 Å². The molecule has 0 aliphatic heterocycles. The summed E-state index contributed by atoms with van der Waals surface area (Å²) in [6.45, 7) is 2.04. The van der Waals surface area contributed by atoms with E-state index in [1.165, 1.54) is 0 Å². The number of allylic oxidation sites excluding steroid dienone is 1. The summed E-state index contributed by atoms with van der Waals surface area (Å²) in [5.41, 5.74) is 0.546. The molecule has 0 unspecified atom stereocenters. The van der Waals surface area contributed by atoms with Crippen LogP contribution in [0.3, 0.4) is 0 Å². The summed E-state index contributed by atoms with van der Waals surface area (Å²) in [4.78, 5) is 22.5. The highest BCUT2D eigenvalue weighted by atomic mass is 16.5. The van der Waals surface area contributed by atoms with Crippen molar-refractivity contribution >= 4 is 11.8 Å². The standard InChI is InChI=1S/C11H13NO3/c1-8-5-9(10(13)6-8)7-11(14)15-4-2-3-12/h5,8H,2,4,6-7H2,1H3/t8-/m0/s1. The molecule has 0 saturated heterocycles. The molecule has 1 aliphatic rings. The van der Waals surface area contributed by atoms with Gasteiger partial charge < -0.3 is 4.74 Å². The summed E-state index contributed by atoms with van der Waals surface area (Å²) in [5, 5.41) is 8.23. The van der Waals surface area contributed by atoms with E-state index in [9.17, 15) is 9.59 Å². The smallest absolute Gasteiger partial charge is 0.310 e. The van der Waals surface area contributed by atoms with Crippen LogP contribution in [0.25, 0.3) is 0 Å². The third-order valence-electron chi connectivity index (χ3n) is 2.16. The van der Waals surface area contributed by atoms with Gasteiger partial charge in [-0.2, -0.15) is 5.26 Å². The summed E-state index contributed by atoms with van der Waals surface area (Å²) in [6, 6.07) is 1.87. The molecule has 1 aliphatic carbocycles. The van der Waals surface area contributed by atoms with Gasteiger partial charge in [0.1, 0.15) is 6.61 Å². The fraction of sp³-hybridized carbons (Fsp3) is 0.545.